The van der Waals surface area contributed by atoms with Gasteiger partial charge in [-0.2, -0.15) is 0 Å². The number of ether oxygens (including phenoxy) is 1. The van der Waals surface area contributed by atoms with E-state index in [9.17, 15) is 19.7 Å². The van der Waals surface area contributed by atoms with Gasteiger partial charge in [-0.1, -0.05) is 18.2 Å². The minimum Gasteiger partial charge on any atom is -0.457 e. The summed E-state index contributed by atoms with van der Waals surface area (Å²) in [4.78, 5) is 36.9. The second-order valence-electron chi connectivity index (χ2n) is 6.74. The third-order valence-electron chi connectivity index (χ3n) is 4.68. The first-order valence-electron chi connectivity index (χ1n) is 9.49. The van der Waals surface area contributed by atoms with Crippen molar-refractivity contribution in [2.75, 3.05) is 23.3 Å². The summed E-state index contributed by atoms with van der Waals surface area (Å²) in [5.41, 5.74) is 0.990. The van der Waals surface area contributed by atoms with Crippen molar-refractivity contribution in [1.82, 2.24) is 5.32 Å². The van der Waals surface area contributed by atoms with Crippen molar-refractivity contribution in [3.63, 3.8) is 0 Å². The number of non-ortho nitro benzene ring substituents is 1. The van der Waals surface area contributed by atoms with Crippen LogP contribution in [-0.2, 0) is 0 Å². The van der Waals surface area contributed by atoms with E-state index >= 15 is 0 Å². The molecule has 4 rings (SSSR count). The van der Waals surface area contributed by atoms with Crippen LogP contribution in [0.2, 0.25) is 0 Å². The fourth-order valence-corrected chi connectivity index (χ4v) is 3.15. The number of nitrogens with one attached hydrogen (secondary N) is 2. The molecule has 156 valence electrons. The number of carbonyl (C=O) groups is 2. The Balaban J connectivity index is 1.57. The molecule has 1 heterocycles. The normalized spacial score (nSPS) is 12.9. The molecule has 0 spiro atoms. The molecule has 0 unspecified atom stereocenters. The molecule has 9 heteroatoms. The molecule has 3 amide bonds. The molecular weight excluding hydrogens is 400 g/mol. The summed E-state index contributed by atoms with van der Waals surface area (Å²) in [6.07, 6.45) is 0. The number of carbonyl (C=O) groups excluding carboxylic acids is 2. The molecule has 0 aromatic heterocycles. The zero-order valence-corrected chi connectivity index (χ0v) is 16.3. The number of nitro groups is 1. The quantitative estimate of drug-likeness (QED) is 0.461. The van der Waals surface area contributed by atoms with Gasteiger partial charge in [0, 0.05) is 36.6 Å². The van der Waals surface area contributed by atoms with Gasteiger partial charge in [0.2, 0.25) is 0 Å². The molecule has 3 aromatic rings. The topological polar surface area (TPSA) is 114 Å². The zero-order chi connectivity index (χ0) is 21.8. The van der Waals surface area contributed by atoms with Gasteiger partial charge in [-0.05, 0) is 42.5 Å². The van der Waals surface area contributed by atoms with Gasteiger partial charge in [-0.25, -0.2) is 4.79 Å². The molecule has 1 fully saturated rings. The number of hydrogen-bond donors (Lipinski definition) is 2. The van der Waals surface area contributed by atoms with Gasteiger partial charge in [0.15, 0.2) is 0 Å². The molecule has 3 aromatic carbocycles. The van der Waals surface area contributed by atoms with Crippen LogP contribution < -0.4 is 20.3 Å². The molecule has 1 aliphatic heterocycles. The van der Waals surface area contributed by atoms with E-state index in [4.69, 9.17) is 4.74 Å². The van der Waals surface area contributed by atoms with Crippen molar-refractivity contribution >= 4 is 29.0 Å². The van der Waals surface area contributed by atoms with Crippen LogP contribution in [0, 0.1) is 10.1 Å². The lowest BCUT2D eigenvalue weighted by atomic mass is 10.1. The summed E-state index contributed by atoms with van der Waals surface area (Å²) in [6, 6.07) is 19.3. The van der Waals surface area contributed by atoms with Gasteiger partial charge in [0.1, 0.15) is 11.5 Å². The Kier molecular flexibility index (Phi) is 5.48. The van der Waals surface area contributed by atoms with Crippen LogP contribution in [-0.4, -0.2) is 30.0 Å². The van der Waals surface area contributed by atoms with E-state index in [-0.39, 0.29) is 23.0 Å². The van der Waals surface area contributed by atoms with Crippen LogP contribution in [0.1, 0.15) is 10.4 Å². The second-order valence-corrected chi connectivity index (χ2v) is 6.74. The van der Waals surface area contributed by atoms with Crippen LogP contribution in [0.4, 0.5) is 21.9 Å². The fourth-order valence-electron chi connectivity index (χ4n) is 3.15. The molecule has 9 nitrogen and oxygen atoms in total. The maximum absolute atomic E-state index is 12.9. The minimum atomic E-state index is -0.570. The largest absolute Gasteiger partial charge is 0.457 e. The SMILES string of the molecule is O=C(Nc1ccc(N2CCNC2=O)cc1)c1cc([N+](=O)[O-])ccc1Oc1ccccc1. The molecule has 0 radical (unpaired) electrons. The molecule has 1 aliphatic rings. The number of anilines is 2. The molecule has 0 bridgehead atoms. The second kappa shape index (κ2) is 8.54. The smallest absolute Gasteiger partial charge is 0.321 e. The van der Waals surface area contributed by atoms with Crippen molar-refractivity contribution in [1.29, 1.82) is 0 Å². The first-order chi connectivity index (χ1) is 15.0. The van der Waals surface area contributed by atoms with E-state index < -0.39 is 10.8 Å². The molecule has 31 heavy (non-hydrogen) atoms. The zero-order valence-electron chi connectivity index (χ0n) is 16.3. The minimum absolute atomic E-state index is 0.0288. The summed E-state index contributed by atoms with van der Waals surface area (Å²) in [6.45, 7) is 1.15. The van der Waals surface area contributed by atoms with Crippen LogP contribution in [0.25, 0.3) is 0 Å². The predicted molar refractivity (Wildman–Crippen MR) is 115 cm³/mol. The van der Waals surface area contributed by atoms with Gasteiger partial charge in [-0.15, -0.1) is 0 Å². The highest BCUT2D eigenvalue weighted by molar-refractivity contribution is 6.07. The number of urea groups is 1. The Morgan fingerprint density at radius 2 is 1.81 bits per heavy atom. The monoisotopic (exact) mass is 418 g/mol. The Labute approximate surface area is 177 Å². The van der Waals surface area contributed by atoms with Gasteiger partial charge >= 0.3 is 6.03 Å². The Morgan fingerprint density at radius 3 is 2.45 bits per heavy atom. The molecule has 0 saturated carbocycles. The third kappa shape index (κ3) is 4.45. The lowest BCUT2D eigenvalue weighted by Gasteiger charge is -2.15. The summed E-state index contributed by atoms with van der Waals surface area (Å²) >= 11 is 0. The highest BCUT2D eigenvalue weighted by Crippen LogP contribution is 2.30. The van der Waals surface area contributed by atoms with Crippen LogP contribution >= 0.6 is 0 Å². The number of rotatable bonds is 6. The Morgan fingerprint density at radius 1 is 1.06 bits per heavy atom. The lowest BCUT2D eigenvalue weighted by molar-refractivity contribution is -0.384. The third-order valence-corrected chi connectivity index (χ3v) is 4.68. The van der Waals surface area contributed by atoms with E-state index in [0.717, 1.165) is 0 Å². The number of amides is 3. The van der Waals surface area contributed by atoms with Gasteiger partial charge < -0.3 is 15.4 Å². The highest BCUT2D eigenvalue weighted by atomic mass is 16.6. The van der Waals surface area contributed by atoms with Crippen molar-refractivity contribution < 1.29 is 19.2 Å². The first kappa shape index (κ1) is 19.9. The maximum Gasteiger partial charge on any atom is 0.321 e. The lowest BCUT2D eigenvalue weighted by Crippen LogP contribution is -2.27. The van der Waals surface area contributed by atoms with Crippen molar-refractivity contribution in [2.45, 2.75) is 0 Å². The van der Waals surface area contributed by atoms with E-state index in [1.165, 1.54) is 18.2 Å². The average molecular weight is 418 g/mol. The highest BCUT2D eigenvalue weighted by Gasteiger charge is 2.22. The molecule has 1 saturated heterocycles. The Hall–Kier alpha value is -4.40. The first-order valence-corrected chi connectivity index (χ1v) is 9.49. The molecular formula is C22H18N4O5. The van der Waals surface area contributed by atoms with E-state index in [0.29, 0.717) is 30.2 Å². The number of nitrogens with zero attached hydrogens (tertiary/aromatic N) is 2. The number of para-hydroxylation sites is 1. The molecule has 2 N–H and O–H groups in total. The van der Waals surface area contributed by atoms with Crippen LogP contribution in [0.5, 0.6) is 11.5 Å². The van der Waals surface area contributed by atoms with E-state index in [1.54, 1.807) is 53.4 Å². The number of benzene rings is 3. The van der Waals surface area contributed by atoms with Crippen molar-refractivity contribution in [3.05, 3.63) is 88.5 Å². The van der Waals surface area contributed by atoms with Crippen molar-refractivity contribution in [2.24, 2.45) is 0 Å². The summed E-state index contributed by atoms with van der Waals surface area (Å²) in [7, 11) is 0. The van der Waals surface area contributed by atoms with Gasteiger partial charge in [0.05, 0.1) is 10.5 Å². The van der Waals surface area contributed by atoms with E-state index in [2.05, 4.69) is 10.6 Å². The summed E-state index contributed by atoms with van der Waals surface area (Å²) in [5, 5.41) is 16.6. The van der Waals surface area contributed by atoms with Gasteiger partial charge in [-0.3, -0.25) is 19.8 Å². The summed E-state index contributed by atoms with van der Waals surface area (Å²) in [5.74, 6) is 0.139. The maximum atomic E-state index is 12.9. The van der Waals surface area contributed by atoms with Gasteiger partial charge in [0.25, 0.3) is 11.6 Å². The molecule has 0 aliphatic carbocycles. The fraction of sp³-hybridized carbons (Fsp3) is 0.0909. The average Bonchev–Trinajstić information content (AvgIpc) is 3.21. The number of nitro benzene ring substituents is 1. The standard InChI is InChI=1S/C22H18N4O5/c27-21(24-15-6-8-16(9-7-15)25-13-12-23-22(25)28)19-14-17(26(29)30)10-11-20(19)31-18-4-2-1-3-5-18/h1-11,14H,12-13H2,(H,23,28)(H,24,27). The summed E-state index contributed by atoms with van der Waals surface area (Å²) < 4.78 is 5.77. The van der Waals surface area contributed by atoms with Crippen LogP contribution in [0.15, 0.2) is 72.8 Å². The predicted octanol–water partition coefficient (Wildman–Crippen LogP) is 4.17. The van der Waals surface area contributed by atoms with Crippen LogP contribution in [0.3, 0.4) is 0 Å². The molecule has 0 atom stereocenters. The number of hydrogen-bond acceptors (Lipinski definition) is 5. The van der Waals surface area contributed by atoms with E-state index in [1.807, 2.05) is 6.07 Å². The Bertz CT molecular complexity index is 1130. The van der Waals surface area contributed by atoms with Crippen molar-refractivity contribution in [3.8, 4) is 11.5 Å².